The molecule has 6 heteroatoms. The Kier molecular flexibility index (Phi) is 5.72. The number of nitrogens with zero attached hydrogens (tertiary/aromatic N) is 1. The fourth-order valence-corrected chi connectivity index (χ4v) is 0.875. The molecule has 0 aliphatic heterocycles. The van der Waals surface area contributed by atoms with Gasteiger partial charge in [-0.1, -0.05) is 0 Å². The zero-order chi connectivity index (χ0) is 12.7. The third kappa shape index (κ3) is 5.71. The van der Waals surface area contributed by atoms with Gasteiger partial charge >= 0.3 is 0 Å². The van der Waals surface area contributed by atoms with Gasteiger partial charge in [-0.15, -0.1) is 0 Å². The molecule has 0 radical (unpaired) electrons. The van der Waals surface area contributed by atoms with Gasteiger partial charge in [0, 0.05) is 19.1 Å². The summed E-state index contributed by atoms with van der Waals surface area (Å²) in [7, 11) is 0. The number of nitro benzene ring substituents is 1. The van der Waals surface area contributed by atoms with E-state index in [1.165, 1.54) is 12.1 Å². The second kappa shape index (κ2) is 6.52. The lowest BCUT2D eigenvalue weighted by molar-refractivity contribution is -0.384. The normalized spacial score (nSPS) is 10.9. The molecular weight excluding hydrogens is 214 g/mol. The van der Waals surface area contributed by atoms with E-state index in [-0.39, 0.29) is 5.69 Å². The molecule has 0 fully saturated rings. The van der Waals surface area contributed by atoms with Crippen LogP contribution in [0.1, 0.15) is 25.5 Å². The van der Waals surface area contributed by atoms with Gasteiger partial charge in [0.2, 0.25) is 0 Å². The number of carbonyl (C=O) groups is 1. The van der Waals surface area contributed by atoms with E-state index in [9.17, 15) is 10.1 Å². The first-order valence-electron chi connectivity index (χ1n) is 4.46. The Morgan fingerprint density at radius 1 is 1.38 bits per heavy atom. The lowest BCUT2D eigenvalue weighted by atomic mass is 10.1. The van der Waals surface area contributed by atoms with Crippen LogP contribution in [0.4, 0.5) is 5.69 Å². The Balaban J connectivity index is 0.000000487. The minimum atomic E-state index is -0.833. The van der Waals surface area contributed by atoms with Crippen molar-refractivity contribution in [3.63, 3.8) is 0 Å². The van der Waals surface area contributed by atoms with Crippen LogP contribution in [-0.4, -0.2) is 21.1 Å². The van der Waals surface area contributed by atoms with Crippen molar-refractivity contribution >= 4 is 11.7 Å². The van der Waals surface area contributed by atoms with Gasteiger partial charge in [0.25, 0.3) is 11.7 Å². The molecule has 16 heavy (non-hydrogen) atoms. The van der Waals surface area contributed by atoms with E-state index >= 15 is 0 Å². The molecule has 0 spiro atoms. The number of hydrogen-bond acceptors (Lipinski definition) is 4. The smallest absolute Gasteiger partial charge is 0.300 e. The van der Waals surface area contributed by atoms with Crippen molar-refractivity contribution in [1.29, 1.82) is 0 Å². The van der Waals surface area contributed by atoms with Crippen molar-refractivity contribution in [3.05, 3.63) is 39.9 Å². The van der Waals surface area contributed by atoms with Crippen molar-refractivity contribution in [1.82, 2.24) is 0 Å². The lowest BCUT2D eigenvalue weighted by Gasteiger charge is -2.02. The van der Waals surface area contributed by atoms with Gasteiger partial charge in [0.15, 0.2) is 0 Å². The molecule has 88 valence electrons. The molecule has 0 bridgehead atoms. The van der Waals surface area contributed by atoms with E-state index in [4.69, 9.17) is 15.0 Å². The molecule has 0 amide bonds. The molecule has 0 aromatic heterocycles. The van der Waals surface area contributed by atoms with E-state index in [0.717, 1.165) is 6.92 Å². The summed E-state index contributed by atoms with van der Waals surface area (Å²) in [5.74, 6) is -0.833. The molecule has 6 nitrogen and oxygen atoms in total. The number of carboxylic acid groups (broad SMARTS) is 1. The van der Waals surface area contributed by atoms with Crippen LogP contribution in [-0.2, 0) is 4.79 Å². The van der Waals surface area contributed by atoms with Crippen LogP contribution in [0.15, 0.2) is 24.3 Å². The molecular formula is C10H13NO5. The second-order valence-corrected chi connectivity index (χ2v) is 3.04. The highest BCUT2D eigenvalue weighted by Crippen LogP contribution is 2.16. The van der Waals surface area contributed by atoms with E-state index in [1.54, 1.807) is 19.1 Å². The van der Waals surface area contributed by atoms with Crippen molar-refractivity contribution in [2.75, 3.05) is 0 Å². The van der Waals surface area contributed by atoms with Gasteiger partial charge in [0.1, 0.15) is 0 Å². The summed E-state index contributed by atoms with van der Waals surface area (Å²) in [6.07, 6.45) is -0.578. The Hall–Kier alpha value is -1.95. The van der Waals surface area contributed by atoms with Crippen molar-refractivity contribution in [2.45, 2.75) is 20.0 Å². The number of carboxylic acids is 1. The third-order valence-corrected chi connectivity index (χ3v) is 1.59. The number of aliphatic hydroxyl groups excluding tert-OH is 1. The fraction of sp³-hybridized carbons (Fsp3) is 0.300. The summed E-state index contributed by atoms with van der Waals surface area (Å²) in [6, 6.07) is 5.84. The highest BCUT2D eigenvalue weighted by Gasteiger charge is 2.05. The lowest BCUT2D eigenvalue weighted by Crippen LogP contribution is -1.92. The topological polar surface area (TPSA) is 101 Å². The van der Waals surface area contributed by atoms with Crippen molar-refractivity contribution in [3.8, 4) is 0 Å². The number of benzene rings is 1. The van der Waals surface area contributed by atoms with Gasteiger partial charge in [-0.05, 0) is 24.6 Å². The SMILES string of the molecule is CC(=O)O.C[C@@H](O)c1ccc([N+](=O)[O-])cc1. The maximum Gasteiger partial charge on any atom is 0.300 e. The number of hydrogen-bond donors (Lipinski definition) is 2. The van der Waals surface area contributed by atoms with Gasteiger partial charge < -0.3 is 10.2 Å². The summed E-state index contributed by atoms with van der Waals surface area (Å²) in [6.45, 7) is 2.70. The maximum atomic E-state index is 10.2. The first kappa shape index (κ1) is 14.1. The summed E-state index contributed by atoms with van der Waals surface area (Å²) in [5.41, 5.74) is 0.722. The fourth-order valence-electron chi connectivity index (χ4n) is 0.875. The Bertz CT molecular complexity index is 354. The predicted molar refractivity (Wildman–Crippen MR) is 57.0 cm³/mol. The van der Waals surface area contributed by atoms with E-state index in [0.29, 0.717) is 5.56 Å². The van der Waals surface area contributed by atoms with Crippen LogP contribution in [0, 0.1) is 10.1 Å². The van der Waals surface area contributed by atoms with Crippen LogP contribution < -0.4 is 0 Å². The summed E-state index contributed by atoms with van der Waals surface area (Å²) >= 11 is 0. The standard InChI is InChI=1S/C8H9NO3.C2H4O2/c1-6(10)7-2-4-8(5-3-7)9(11)12;1-2(3)4/h2-6,10H,1H3;1H3,(H,3,4)/t6-;/m1./s1. The van der Waals surface area contributed by atoms with E-state index in [1.807, 2.05) is 0 Å². The van der Waals surface area contributed by atoms with E-state index in [2.05, 4.69) is 0 Å². The molecule has 2 N–H and O–H groups in total. The molecule has 0 unspecified atom stereocenters. The molecule has 0 aliphatic carbocycles. The zero-order valence-corrected chi connectivity index (χ0v) is 8.95. The van der Waals surface area contributed by atoms with Crippen LogP contribution in [0.3, 0.4) is 0 Å². The molecule has 0 heterocycles. The summed E-state index contributed by atoms with van der Waals surface area (Å²) < 4.78 is 0. The molecule has 1 aromatic rings. The number of rotatable bonds is 2. The van der Waals surface area contributed by atoms with Crippen LogP contribution in [0.25, 0.3) is 0 Å². The van der Waals surface area contributed by atoms with E-state index < -0.39 is 17.0 Å². The van der Waals surface area contributed by atoms with Crippen molar-refractivity contribution in [2.24, 2.45) is 0 Å². The predicted octanol–water partition coefficient (Wildman–Crippen LogP) is 1.74. The molecule has 1 rings (SSSR count). The zero-order valence-electron chi connectivity index (χ0n) is 8.95. The first-order valence-corrected chi connectivity index (χ1v) is 4.46. The van der Waals surface area contributed by atoms with Gasteiger partial charge in [-0.25, -0.2) is 0 Å². The average molecular weight is 227 g/mol. The molecule has 0 aliphatic rings. The Morgan fingerprint density at radius 2 is 1.75 bits per heavy atom. The van der Waals surface area contributed by atoms with Crippen LogP contribution >= 0.6 is 0 Å². The van der Waals surface area contributed by atoms with Crippen molar-refractivity contribution < 1.29 is 19.9 Å². The van der Waals surface area contributed by atoms with Gasteiger partial charge in [-0.3, -0.25) is 14.9 Å². The summed E-state index contributed by atoms with van der Waals surface area (Å²) in [4.78, 5) is 18.8. The third-order valence-electron chi connectivity index (χ3n) is 1.59. The van der Waals surface area contributed by atoms with Crippen LogP contribution in [0.2, 0.25) is 0 Å². The first-order chi connectivity index (χ1) is 7.34. The summed E-state index contributed by atoms with van der Waals surface area (Å²) in [5, 5.41) is 26.7. The van der Waals surface area contributed by atoms with Gasteiger partial charge in [-0.2, -0.15) is 0 Å². The van der Waals surface area contributed by atoms with Crippen LogP contribution in [0.5, 0.6) is 0 Å². The largest absolute Gasteiger partial charge is 0.481 e. The molecule has 0 saturated carbocycles. The Morgan fingerprint density at radius 3 is 2.00 bits per heavy atom. The highest BCUT2D eigenvalue weighted by molar-refractivity contribution is 5.62. The molecule has 0 saturated heterocycles. The molecule has 1 aromatic carbocycles. The minimum absolute atomic E-state index is 0.0411. The molecule has 1 atom stereocenters. The number of nitro groups is 1. The number of aliphatic carboxylic acids is 1. The second-order valence-electron chi connectivity index (χ2n) is 3.04. The quantitative estimate of drug-likeness (QED) is 0.592. The average Bonchev–Trinajstić information content (AvgIpc) is 2.17. The number of aliphatic hydroxyl groups is 1. The minimum Gasteiger partial charge on any atom is -0.481 e. The monoisotopic (exact) mass is 227 g/mol. The highest BCUT2D eigenvalue weighted by atomic mass is 16.6. The Labute approximate surface area is 92.3 Å². The van der Waals surface area contributed by atoms with Gasteiger partial charge in [0.05, 0.1) is 11.0 Å². The maximum absolute atomic E-state index is 10.2. The number of non-ortho nitro benzene ring substituents is 1.